The van der Waals surface area contributed by atoms with Crippen molar-refractivity contribution in [2.24, 2.45) is 0 Å². The molecule has 0 aliphatic carbocycles. The molecule has 6 heteroatoms. The van der Waals surface area contributed by atoms with Gasteiger partial charge in [0.2, 0.25) is 0 Å². The average Bonchev–Trinajstić information content (AvgIpc) is 2.27. The van der Waals surface area contributed by atoms with Gasteiger partial charge in [0.25, 0.3) is 5.69 Å². The molecular formula is C11H10N2O4. The summed E-state index contributed by atoms with van der Waals surface area (Å²) in [5.74, 6) is -1.17. The number of benzene rings is 1. The smallest absolute Gasteiger partial charge is 0.308 e. The molecule has 1 rings (SSSR count). The lowest BCUT2D eigenvalue weighted by Crippen LogP contribution is -2.05. The highest BCUT2D eigenvalue weighted by atomic mass is 16.6. The summed E-state index contributed by atoms with van der Waals surface area (Å²) in [6.45, 7) is 1.77. The third-order valence-corrected chi connectivity index (χ3v) is 2.34. The Balaban J connectivity index is 3.41. The maximum Gasteiger partial charge on any atom is 0.308 e. The zero-order valence-corrected chi connectivity index (χ0v) is 9.14. The average molecular weight is 234 g/mol. The van der Waals surface area contributed by atoms with Crippen molar-refractivity contribution in [1.82, 2.24) is 0 Å². The van der Waals surface area contributed by atoms with Crippen LogP contribution in [0, 0.1) is 21.4 Å². The van der Waals surface area contributed by atoms with Crippen LogP contribution in [0.3, 0.4) is 0 Å². The van der Waals surface area contributed by atoms with E-state index in [4.69, 9.17) is 10.4 Å². The van der Waals surface area contributed by atoms with Gasteiger partial charge < -0.3 is 5.11 Å². The molecule has 0 saturated heterocycles. The fraction of sp³-hybridized carbons (Fsp3) is 0.273. The Bertz CT molecular complexity index is 517. The number of hydrogen-bond donors (Lipinski definition) is 1. The predicted molar refractivity (Wildman–Crippen MR) is 58.5 cm³/mol. The van der Waals surface area contributed by atoms with E-state index in [1.807, 2.05) is 6.07 Å². The Morgan fingerprint density at radius 3 is 2.59 bits per heavy atom. The zero-order valence-electron chi connectivity index (χ0n) is 9.14. The summed E-state index contributed by atoms with van der Waals surface area (Å²) in [6, 6.07) is 4.47. The lowest BCUT2D eigenvalue weighted by atomic mass is 9.99. The molecule has 1 aromatic carbocycles. The van der Waals surface area contributed by atoms with Gasteiger partial charge in [-0.15, -0.1) is 0 Å². The topological polar surface area (TPSA) is 104 Å². The molecule has 0 atom stereocenters. The molecule has 0 spiro atoms. The quantitative estimate of drug-likeness (QED) is 0.630. The first-order valence-corrected chi connectivity index (χ1v) is 4.91. The SMILES string of the molecule is CCc1cc([N+](=O)[O-])c(CC(=O)O)cc1C#N. The minimum absolute atomic E-state index is 0.0521. The Hall–Kier alpha value is -2.42. The van der Waals surface area contributed by atoms with Gasteiger partial charge in [-0.2, -0.15) is 5.26 Å². The van der Waals surface area contributed by atoms with Crippen molar-refractivity contribution < 1.29 is 14.8 Å². The Morgan fingerprint density at radius 2 is 2.18 bits per heavy atom. The second-order valence-corrected chi connectivity index (χ2v) is 3.43. The summed E-state index contributed by atoms with van der Waals surface area (Å²) >= 11 is 0. The van der Waals surface area contributed by atoms with Crippen molar-refractivity contribution in [3.05, 3.63) is 38.9 Å². The van der Waals surface area contributed by atoms with Crippen LogP contribution in [-0.2, 0) is 17.6 Å². The maximum atomic E-state index is 10.8. The first-order valence-electron chi connectivity index (χ1n) is 4.91. The standard InChI is InChI=1S/C11H10N2O4/c1-2-7-4-10(13(16)17)8(5-11(14)15)3-9(7)6-12/h3-4H,2,5H2,1H3,(H,14,15). The predicted octanol–water partition coefficient (Wildman–Crippen LogP) is 1.66. The molecule has 0 radical (unpaired) electrons. The van der Waals surface area contributed by atoms with Gasteiger partial charge in [-0.05, 0) is 18.1 Å². The molecule has 1 N–H and O–H groups in total. The first kappa shape index (κ1) is 12.6. The summed E-state index contributed by atoms with van der Waals surface area (Å²) in [6.07, 6.45) is 0.0199. The van der Waals surface area contributed by atoms with Crippen LogP contribution in [0.5, 0.6) is 0 Å². The van der Waals surface area contributed by atoms with E-state index >= 15 is 0 Å². The molecule has 0 aliphatic rings. The molecule has 1 aromatic rings. The third kappa shape index (κ3) is 2.78. The number of carbonyl (C=O) groups is 1. The van der Waals surface area contributed by atoms with Gasteiger partial charge in [0.15, 0.2) is 0 Å². The number of nitrogens with zero attached hydrogens (tertiary/aromatic N) is 2. The minimum Gasteiger partial charge on any atom is -0.481 e. The van der Waals surface area contributed by atoms with Gasteiger partial charge in [-0.25, -0.2) is 0 Å². The van der Waals surface area contributed by atoms with Crippen molar-refractivity contribution in [2.75, 3.05) is 0 Å². The number of aryl methyl sites for hydroxylation is 1. The van der Waals surface area contributed by atoms with Gasteiger partial charge in [0, 0.05) is 11.6 Å². The van der Waals surface area contributed by atoms with Crippen LogP contribution in [0.15, 0.2) is 12.1 Å². The van der Waals surface area contributed by atoms with Crippen molar-refractivity contribution >= 4 is 11.7 Å². The zero-order chi connectivity index (χ0) is 13.0. The molecule has 0 fully saturated rings. The Labute approximate surface area is 97.3 Å². The first-order chi connectivity index (χ1) is 7.99. The molecule has 0 unspecified atom stereocenters. The number of carboxylic acid groups (broad SMARTS) is 1. The van der Waals surface area contributed by atoms with Crippen molar-refractivity contribution in [1.29, 1.82) is 5.26 Å². The second-order valence-electron chi connectivity index (χ2n) is 3.43. The van der Waals surface area contributed by atoms with Crippen molar-refractivity contribution in [3.8, 4) is 6.07 Å². The van der Waals surface area contributed by atoms with Crippen LogP contribution in [0.4, 0.5) is 5.69 Å². The maximum absolute atomic E-state index is 10.8. The van der Waals surface area contributed by atoms with E-state index in [2.05, 4.69) is 0 Å². The minimum atomic E-state index is -1.17. The van der Waals surface area contributed by atoms with E-state index in [0.717, 1.165) is 0 Å². The molecule has 0 aromatic heterocycles. The molecule has 0 saturated carbocycles. The van der Waals surface area contributed by atoms with Crippen molar-refractivity contribution in [2.45, 2.75) is 19.8 Å². The van der Waals surface area contributed by atoms with E-state index in [-0.39, 0.29) is 16.8 Å². The number of aliphatic carboxylic acids is 1. The van der Waals surface area contributed by atoms with Crippen LogP contribution in [0.25, 0.3) is 0 Å². The van der Waals surface area contributed by atoms with Gasteiger partial charge >= 0.3 is 5.97 Å². The van der Waals surface area contributed by atoms with E-state index in [1.165, 1.54) is 12.1 Å². The van der Waals surface area contributed by atoms with E-state index < -0.39 is 17.3 Å². The fourth-order valence-corrected chi connectivity index (χ4v) is 1.55. The van der Waals surface area contributed by atoms with E-state index in [9.17, 15) is 14.9 Å². The third-order valence-electron chi connectivity index (χ3n) is 2.34. The molecule has 0 amide bonds. The van der Waals surface area contributed by atoms with Crippen LogP contribution >= 0.6 is 0 Å². The second kappa shape index (κ2) is 5.07. The molecular weight excluding hydrogens is 224 g/mol. The van der Waals surface area contributed by atoms with Crippen LogP contribution < -0.4 is 0 Å². The van der Waals surface area contributed by atoms with Crippen LogP contribution in [0.2, 0.25) is 0 Å². The Kier molecular flexibility index (Phi) is 3.78. The van der Waals surface area contributed by atoms with Gasteiger partial charge in [0.1, 0.15) is 0 Å². The molecule has 0 aliphatic heterocycles. The summed E-state index contributed by atoms with van der Waals surface area (Å²) < 4.78 is 0. The van der Waals surface area contributed by atoms with Crippen LogP contribution in [0.1, 0.15) is 23.6 Å². The summed E-state index contributed by atoms with van der Waals surface area (Å²) in [5.41, 5.74) is 0.641. The molecule has 0 heterocycles. The normalized spacial score (nSPS) is 9.65. The van der Waals surface area contributed by atoms with Gasteiger partial charge in [-0.1, -0.05) is 6.92 Å². The highest BCUT2D eigenvalue weighted by Crippen LogP contribution is 2.24. The number of nitro benzene ring substituents is 1. The summed E-state index contributed by atoms with van der Waals surface area (Å²) in [4.78, 5) is 20.8. The molecule has 6 nitrogen and oxygen atoms in total. The van der Waals surface area contributed by atoms with E-state index in [0.29, 0.717) is 12.0 Å². The summed E-state index contributed by atoms with van der Waals surface area (Å²) in [7, 11) is 0. The highest BCUT2D eigenvalue weighted by Gasteiger charge is 2.19. The van der Waals surface area contributed by atoms with Gasteiger partial charge in [0.05, 0.1) is 23.0 Å². The molecule has 0 bridgehead atoms. The van der Waals surface area contributed by atoms with E-state index in [1.54, 1.807) is 6.92 Å². The Morgan fingerprint density at radius 1 is 1.53 bits per heavy atom. The lowest BCUT2D eigenvalue weighted by Gasteiger charge is -2.05. The van der Waals surface area contributed by atoms with Crippen molar-refractivity contribution in [3.63, 3.8) is 0 Å². The number of rotatable bonds is 4. The highest BCUT2D eigenvalue weighted by molar-refractivity contribution is 5.72. The number of nitriles is 1. The summed E-state index contributed by atoms with van der Waals surface area (Å²) in [5, 5.41) is 28.3. The number of carboxylic acids is 1. The molecule has 17 heavy (non-hydrogen) atoms. The monoisotopic (exact) mass is 234 g/mol. The lowest BCUT2D eigenvalue weighted by molar-refractivity contribution is -0.385. The fourth-order valence-electron chi connectivity index (χ4n) is 1.55. The number of nitro groups is 1. The van der Waals surface area contributed by atoms with Crippen LogP contribution in [-0.4, -0.2) is 16.0 Å². The molecule has 88 valence electrons. The van der Waals surface area contributed by atoms with Gasteiger partial charge in [-0.3, -0.25) is 14.9 Å². The largest absolute Gasteiger partial charge is 0.481 e. The number of hydrogen-bond acceptors (Lipinski definition) is 4.